The number of ether oxygens (including phenoxy) is 1. The molecule has 1 N–H and O–H groups in total. The van der Waals surface area contributed by atoms with Crippen molar-refractivity contribution < 1.29 is 14.3 Å². The zero-order valence-corrected chi connectivity index (χ0v) is 12.0. The van der Waals surface area contributed by atoms with Crippen LogP contribution in [0.25, 0.3) is 0 Å². The van der Waals surface area contributed by atoms with Crippen molar-refractivity contribution >= 4 is 11.9 Å². The van der Waals surface area contributed by atoms with Crippen molar-refractivity contribution in [3.63, 3.8) is 0 Å². The van der Waals surface area contributed by atoms with E-state index in [-0.39, 0.29) is 23.7 Å². The maximum Gasteiger partial charge on any atom is 0.309 e. The first-order chi connectivity index (χ1) is 9.70. The lowest BCUT2D eigenvalue weighted by molar-refractivity contribution is -0.144. The van der Waals surface area contributed by atoms with Gasteiger partial charge in [0.2, 0.25) is 5.91 Å². The third-order valence-corrected chi connectivity index (χ3v) is 4.75. The minimum atomic E-state index is -0.235. The van der Waals surface area contributed by atoms with E-state index < -0.39 is 0 Å². The number of likely N-dealkylation sites (tertiary alicyclic amines) is 1. The van der Waals surface area contributed by atoms with Crippen molar-refractivity contribution in [1.29, 1.82) is 0 Å². The zero-order chi connectivity index (χ0) is 14.1. The predicted octanol–water partition coefficient (Wildman–Crippen LogP) is -0.698. The number of nitrogens with zero attached hydrogens (tertiary/aromatic N) is 2. The topological polar surface area (TPSA) is 61.9 Å². The third-order valence-electron chi connectivity index (χ3n) is 4.75. The molecule has 1 amide bonds. The summed E-state index contributed by atoms with van der Waals surface area (Å²) in [4.78, 5) is 28.2. The Morgan fingerprint density at radius 1 is 1.15 bits per heavy atom. The summed E-state index contributed by atoms with van der Waals surface area (Å²) in [5.41, 5.74) is 0. The van der Waals surface area contributed by atoms with E-state index in [0.717, 1.165) is 45.7 Å². The molecule has 6 heteroatoms. The van der Waals surface area contributed by atoms with E-state index in [9.17, 15) is 9.59 Å². The third kappa shape index (κ3) is 2.67. The number of amides is 1. The molecule has 112 valence electrons. The van der Waals surface area contributed by atoms with E-state index in [2.05, 4.69) is 10.2 Å². The molecule has 2 aliphatic heterocycles. The second-order valence-electron chi connectivity index (χ2n) is 5.98. The van der Waals surface area contributed by atoms with Crippen LogP contribution in [0.3, 0.4) is 0 Å². The molecule has 0 radical (unpaired) electrons. The molecular formula is C14H23N3O3. The monoisotopic (exact) mass is 281 g/mol. The number of esters is 1. The van der Waals surface area contributed by atoms with Crippen LogP contribution in [0.1, 0.15) is 12.8 Å². The van der Waals surface area contributed by atoms with E-state index in [1.165, 1.54) is 7.11 Å². The van der Waals surface area contributed by atoms with Crippen molar-refractivity contribution in [3.8, 4) is 0 Å². The quantitative estimate of drug-likeness (QED) is 0.693. The minimum absolute atomic E-state index is 0.121. The first-order valence-corrected chi connectivity index (χ1v) is 7.52. The van der Waals surface area contributed by atoms with Crippen molar-refractivity contribution in [2.45, 2.75) is 18.9 Å². The number of rotatable bonds is 3. The molecule has 3 atom stereocenters. The number of nitrogens with one attached hydrogen (secondary N) is 1. The molecule has 0 aromatic heterocycles. The Morgan fingerprint density at radius 2 is 1.90 bits per heavy atom. The Labute approximate surface area is 119 Å². The van der Waals surface area contributed by atoms with Gasteiger partial charge in [0, 0.05) is 45.3 Å². The molecule has 20 heavy (non-hydrogen) atoms. The van der Waals surface area contributed by atoms with Crippen LogP contribution in [0.15, 0.2) is 0 Å². The van der Waals surface area contributed by atoms with E-state index in [1.807, 2.05) is 4.90 Å². The number of carbonyl (C=O) groups excluding carboxylic acids is 2. The number of hydrogen-bond donors (Lipinski definition) is 1. The second kappa shape index (κ2) is 5.69. The molecule has 0 aromatic rings. The normalized spacial score (nSPS) is 34.0. The average molecular weight is 281 g/mol. The predicted molar refractivity (Wildman–Crippen MR) is 73.0 cm³/mol. The summed E-state index contributed by atoms with van der Waals surface area (Å²) in [6, 6.07) is 0.497. The molecule has 6 nitrogen and oxygen atoms in total. The number of carbonyl (C=O) groups is 2. The number of piperazine rings is 1. The van der Waals surface area contributed by atoms with E-state index in [0.29, 0.717) is 12.5 Å². The van der Waals surface area contributed by atoms with Gasteiger partial charge in [-0.25, -0.2) is 0 Å². The van der Waals surface area contributed by atoms with Crippen molar-refractivity contribution in [2.75, 3.05) is 46.4 Å². The minimum Gasteiger partial charge on any atom is -0.469 e. The highest BCUT2D eigenvalue weighted by Crippen LogP contribution is 2.41. The largest absolute Gasteiger partial charge is 0.469 e. The van der Waals surface area contributed by atoms with Crippen LogP contribution in [0.5, 0.6) is 0 Å². The lowest BCUT2D eigenvalue weighted by Gasteiger charge is -2.32. The van der Waals surface area contributed by atoms with Crippen molar-refractivity contribution in [1.82, 2.24) is 15.1 Å². The Morgan fingerprint density at radius 3 is 2.60 bits per heavy atom. The van der Waals surface area contributed by atoms with Gasteiger partial charge in [0.1, 0.15) is 0 Å². The molecule has 0 aromatic carbocycles. The zero-order valence-electron chi connectivity index (χ0n) is 12.0. The highest BCUT2D eigenvalue weighted by Gasteiger charge is 2.51. The first-order valence-electron chi connectivity index (χ1n) is 7.52. The van der Waals surface area contributed by atoms with Crippen LogP contribution in [0.4, 0.5) is 0 Å². The molecule has 0 spiro atoms. The Kier molecular flexibility index (Phi) is 3.94. The van der Waals surface area contributed by atoms with Gasteiger partial charge < -0.3 is 15.0 Å². The maximum atomic E-state index is 12.4. The fraction of sp³-hybridized carbons (Fsp3) is 0.857. The average Bonchev–Trinajstić information content (AvgIpc) is 3.14. The van der Waals surface area contributed by atoms with Crippen LogP contribution in [-0.2, 0) is 14.3 Å². The summed E-state index contributed by atoms with van der Waals surface area (Å²) in [6.45, 7) is 5.87. The van der Waals surface area contributed by atoms with Gasteiger partial charge >= 0.3 is 5.97 Å². The van der Waals surface area contributed by atoms with Crippen LogP contribution in [-0.4, -0.2) is 74.1 Å². The maximum absolute atomic E-state index is 12.4. The lowest BCUT2D eigenvalue weighted by atomic mass is 10.2. The summed E-state index contributed by atoms with van der Waals surface area (Å²) in [7, 11) is 1.39. The molecular weight excluding hydrogens is 258 g/mol. The van der Waals surface area contributed by atoms with E-state index in [1.54, 1.807) is 0 Å². The molecule has 3 unspecified atom stereocenters. The Bertz CT molecular complexity index is 395. The molecule has 2 saturated heterocycles. The van der Waals surface area contributed by atoms with Gasteiger partial charge in [-0.2, -0.15) is 0 Å². The molecule has 3 aliphatic rings. The Hall–Kier alpha value is -1.14. The van der Waals surface area contributed by atoms with Crippen LogP contribution in [0.2, 0.25) is 0 Å². The summed E-state index contributed by atoms with van der Waals surface area (Å²) < 4.78 is 4.71. The molecule has 3 fully saturated rings. The van der Waals surface area contributed by atoms with Gasteiger partial charge in [-0.15, -0.1) is 0 Å². The molecule has 1 saturated carbocycles. The Balaban J connectivity index is 1.50. The standard InChI is InChI=1S/C14H23N3O3/c1-20-14(19)12-8-11(12)13(18)17-5-2-10(9-17)16-6-3-15-4-7-16/h10-12,15H,2-9H2,1H3. The van der Waals surface area contributed by atoms with Crippen LogP contribution < -0.4 is 5.32 Å². The summed E-state index contributed by atoms with van der Waals surface area (Å²) in [5.74, 6) is -0.394. The lowest BCUT2D eigenvalue weighted by Crippen LogP contribution is -2.49. The fourth-order valence-corrected chi connectivity index (χ4v) is 3.40. The summed E-state index contributed by atoms with van der Waals surface area (Å²) in [6.07, 6.45) is 1.72. The van der Waals surface area contributed by atoms with Gasteiger partial charge in [0.05, 0.1) is 18.9 Å². The molecule has 3 rings (SSSR count). The summed E-state index contributed by atoms with van der Waals surface area (Å²) in [5, 5.41) is 3.35. The molecule has 1 aliphatic carbocycles. The van der Waals surface area contributed by atoms with E-state index >= 15 is 0 Å². The second-order valence-corrected chi connectivity index (χ2v) is 5.98. The molecule has 2 heterocycles. The SMILES string of the molecule is COC(=O)C1CC1C(=O)N1CCC(N2CCNCC2)C1. The van der Waals surface area contributed by atoms with Crippen molar-refractivity contribution in [3.05, 3.63) is 0 Å². The first kappa shape index (κ1) is 13.8. The molecule has 0 bridgehead atoms. The van der Waals surface area contributed by atoms with Crippen molar-refractivity contribution in [2.24, 2.45) is 11.8 Å². The van der Waals surface area contributed by atoms with Gasteiger partial charge in [-0.3, -0.25) is 14.5 Å². The van der Waals surface area contributed by atoms with Gasteiger partial charge in [-0.1, -0.05) is 0 Å². The van der Waals surface area contributed by atoms with Gasteiger partial charge in [0.25, 0.3) is 0 Å². The summed E-state index contributed by atoms with van der Waals surface area (Å²) >= 11 is 0. The van der Waals surface area contributed by atoms with E-state index in [4.69, 9.17) is 4.74 Å². The smallest absolute Gasteiger partial charge is 0.309 e. The highest BCUT2D eigenvalue weighted by atomic mass is 16.5. The number of hydrogen-bond acceptors (Lipinski definition) is 5. The van der Waals surface area contributed by atoms with Crippen LogP contribution >= 0.6 is 0 Å². The fourth-order valence-electron chi connectivity index (χ4n) is 3.40. The highest BCUT2D eigenvalue weighted by molar-refractivity contribution is 5.90. The number of methoxy groups -OCH3 is 1. The van der Waals surface area contributed by atoms with Gasteiger partial charge in [-0.05, 0) is 12.8 Å². The van der Waals surface area contributed by atoms with Crippen LogP contribution in [0, 0.1) is 11.8 Å². The van der Waals surface area contributed by atoms with Gasteiger partial charge in [0.15, 0.2) is 0 Å².